The highest BCUT2D eigenvalue weighted by molar-refractivity contribution is 5.78. The van der Waals surface area contributed by atoms with E-state index in [1.807, 2.05) is 18.7 Å². The summed E-state index contributed by atoms with van der Waals surface area (Å²) in [5.74, 6) is 0.222. The van der Waals surface area contributed by atoms with Gasteiger partial charge in [0.25, 0.3) is 0 Å². The summed E-state index contributed by atoms with van der Waals surface area (Å²) in [6, 6.07) is 0. The lowest BCUT2D eigenvalue weighted by atomic mass is 10.0. The maximum atomic E-state index is 12.2. The van der Waals surface area contributed by atoms with E-state index in [9.17, 15) is 4.79 Å². The normalized spacial score (nSPS) is 21.8. The number of rotatable bonds is 4. The van der Waals surface area contributed by atoms with E-state index in [4.69, 9.17) is 0 Å². The standard InChI is InChI=1S/C14H26N2O/c1-7-15(8-2)12(17)11-16-13(3,4)9-10-14(16,5)6/h9-10H,7-8,11H2,1-6H3. The third kappa shape index (κ3) is 2.89. The SMILES string of the molecule is CCN(CC)C(=O)CN1C(C)(C)C=CC1(C)C. The Labute approximate surface area is 105 Å². The number of nitrogens with zero attached hydrogens (tertiary/aromatic N) is 2. The molecule has 98 valence electrons. The molecule has 0 fully saturated rings. The fourth-order valence-electron chi connectivity index (χ4n) is 2.55. The van der Waals surface area contributed by atoms with Crippen LogP contribution in [-0.2, 0) is 4.79 Å². The van der Waals surface area contributed by atoms with Crippen LogP contribution in [0.2, 0.25) is 0 Å². The van der Waals surface area contributed by atoms with Crippen molar-refractivity contribution < 1.29 is 4.79 Å². The lowest BCUT2D eigenvalue weighted by Crippen LogP contribution is -2.53. The van der Waals surface area contributed by atoms with Gasteiger partial charge in [0, 0.05) is 24.2 Å². The molecule has 0 aliphatic carbocycles. The van der Waals surface area contributed by atoms with Gasteiger partial charge in [-0.2, -0.15) is 0 Å². The number of likely N-dealkylation sites (N-methyl/N-ethyl adjacent to an activating group) is 1. The molecule has 0 aromatic rings. The Morgan fingerprint density at radius 1 is 1.06 bits per heavy atom. The lowest BCUT2D eigenvalue weighted by Gasteiger charge is -2.41. The monoisotopic (exact) mass is 238 g/mol. The zero-order valence-corrected chi connectivity index (χ0v) is 12.1. The highest BCUT2D eigenvalue weighted by Gasteiger charge is 2.41. The summed E-state index contributed by atoms with van der Waals surface area (Å²) in [6.07, 6.45) is 4.39. The van der Waals surface area contributed by atoms with Gasteiger partial charge < -0.3 is 4.90 Å². The molecule has 1 heterocycles. The quantitative estimate of drug-likeness (QED) is 0.702. The van der Waals surface area contributed by atoms with E-state index in [1.54, 1.807) is 0 Å². The Morgan fingerprint density at radius 3 is 1.82 bits per heavy atom. The smallest absolute Gasteiger partial charge is 0.236 e. The van der Waals surface area contributed by atoms with Crippen LogP contribution in [0.1, 0.15) is 41.5 Å². The van der Waals surface area contributed by atoms with Gasteiger partial charge in [0.1, 0.15) is 0 Å². The topological polar surface area (TPSA) is 23.6 Å². The summed E-state index contributed by atoms with van der Waals surface area (Å²) >= 11 is 0. The Kier molecular flexibility index (Phi) is 4.03. The molecule has 0 radical (unpaired) electrons. The lowest BCUT2D eigenvalue weighted by molar-refractivity contribution is -0.134. The Hall–Kier alpha value is -0.830. The van der Waals surface area contributed by atoms with Crippen LogP contribution in [0.5, 0.6) is 0 Å². The predicted molar refractivity (Wildman–Crippen MR) is 71.9 cm³/mol. The number of hydrogen-bond donors (Lipinski definition) is 0. The first-order valence-electron chi connectivity index (χ1n) is 6.50. The van der Waals surface area contributed by atoms with Crippen LogP contribution in [0, 0.1) is 0 Å². The molecule has 0 aromatic carbocycles. The van der Waals surface area contributed by atoms with Gasteiger partial charge in [-0.3, -0.25) is 9.69 Å². The minimum Gasteiger partial charge on any atom is -0.342 e. The van der Waals surface area contributed by atoms with E-state index < -0.39 is 0 Å². The van der Waals surface area contributed by atoms with E-state index in [0.29, 0.717) is 6.54 Å². The molecular formula is C14H26N2O. The number of carbonyl (C=O) groups excluding carboxylic acids is 1. The van der Waals surface area contributed by atoms with Gasteiger partial charge >= 0.3 is 0 Å². The van der Waals surface area contributed by atoms with Crippen molar-refractivity contribution in [2.45, 2.75) is 52.6 Å². The zero-order valence-electron chi connectivity index (χ0n) is 12.1. The molecule has 3 nitrogen and oxygen atoms in total. The Morgan fingerprint density at radius 2 is 1.47 bits per heavy atom. The molecule has 1 amide bonds. The van der Waals surface area contributed by atoms with Crippen molar-refractivity contribution >= 4 is 5.91 Å². The second-order valence-electron chi connectivity index (χ2n) is 5.79. The largest absolute Gasteiger partial charge is 0.342 e. The van der Waals surface area contributed by atoms with E-state index in [1.165, 1.54) is 0 Å². The molecule has 0 saturated heterocycles. The van der Waals surface area contributed by atoms with Crippen molar-refractivity contribution in [1.29, 1.82) is 0 Å². The second kappa shape index (κ2) is 4.81. The first kappa shape index (κ1) is 14.2. The molecule has 0 bridgehead atoms. The maximum absolute atomic E-state index is 12.2. The summed E-state index contributed by atoms with van der Waals surface area (Å²) in [7, 11) is 0. The predicted octanol–water partition coefficient (Wildman–Crippen LogP) is 2.28. The average Bonchev–Trinajstić information content (AvgIpc) is 2.43. The van der Waals surface area contributed by atoms with Gasteiger partial charge in [0.05, 0.1) is 6.54 Å². The zero-order chi connectivity index (χ0) is 13.3. The first-order valence-corrected chi connectivity index (χ1v) is 6.50. The van der Waals surface area contributed by atoms with Crippen molar-refractivity contribution in [2.24, 2.45) is 0 Å². The number of amides is 1. The van der Waals surface area contributed by atoms with Crippen LogP contribution in [0.3, 0.4) is 0 Å². The molecule has 3 heteroatoms. The van der Waals surface area contributed by atoms with Gasteiger partial charge in [0.15, 0.2) is 0 Å². The van der Waals surface area contributed by atoms with Crippen LogP contribution in [0.15, 0.2) is 12.2 Å². The molecule has 0 saturated carbocycles. The van der Waals surface area contributed by atoms with Crippen LogP contribution in [-0.4, -0.2) is 46.4 Å². The van der Waals surface area contributed by atoms with Crippen LogP contribution >= 0.6 is 0 Å². The molecule has 0 N–H and O–H groups in total. The molecular weight excluding hydrogens is 212 g/mol. The Balaban J connectivity index is 2.77. The van der Waals surface area contributed by atoms with Gasteiger partial charge in [-0.1, -0.05) is 12.2 Å². The summed E-state index contributed by atoms with van der Waals surface area (Å²) in [6.45, 7) is 14.8. The second-order valence-corrected chi connectivity index (χ2v) is 5.79. The average molecular weight is 238 g/mol. The van der Waals surface area contributed by atoms with Crippen molar-refractivity contribution in [1.82, 2.24) is 9.80 Å². The minimum atomic E-state index is -0.0354. The van der Waals surface area contributed by atoms with Crippen LogP contribution in [0.4, 0.5) is 0 Å². The minimum absolute atomic E-state index is 0.0354. The summed E-state index contributed by atoms with van der Waals surface area (Å²) in [5, 5.41) is 0. The van der Waals surface area contributed by atoms with Crippen molar-refractivity contribution in [3.05, 3.63) is 12.2 Å². The Bertz CT molecular complexity index is 296. The maximum Gasteiger partial charge on any atom is 0.236 e. The van der Waals surface area contributed by atoms with E-state index in [2.05, 4.69) is 44.7 Å². The number of carbonyl (C=O) groups is 1. The van der Waals surface area contributed by atoms with Crippen molar-refractivity contribution in [2.75, 3.05) is 19.6 Å². The van der Waals surface area contributed by atoms with E-state index in [-0.39, 0.29) is 17.0 Å². The molecule has 1 rings (SSSR count). The van der Waals surface area contributed by atoms with E-state index >= 15 is 0 Å². The molecule has 17 heavy (non-hydrogen) atoms. The number of hydrogen-bond acceptors (Lipinski definition) is 2. The van der Waals surface area contributed by atoms with Gasteiger partial charge in [-0.25, -0.2) is 0 Å². The molecule has 0 unspecified atom stereocenters. The molecule has 0 spiro atoms. The first-order chi connectivity index (χ1) is 7.74. The molecule has 0 atom stereocenters. The van der Waals surface area contributed by atoms with Crippen molar-refractivity contribution in [3.8, 4) is 0 Å². The van der Waals surface area contributed by atoms with E-state index in [0.717, 1.165) is 13.1 Å². The van der Waals surface area contributed by atoms with Crippen LogP contribution in [0.25, 0.3) is 0 Å². The fraction of sp³-hybridized carbons (Fsp3) is 0.786. The fourth-order valence-corrected chi connectivity index (χ4v) is 2.55. The highest BCUT2D eigenvalue weighted by Crippen LogP contribution is 2.33. The molecule has 1 aliphatic heterocycles. The summed E-state index contributed by atoms with van der Waals surface area (Å²) < 4.78 is 0. The van der Waals surface area contributed by atoms with Gasteiger partial charge in [-0.15, -0.1) is 0 Å². The van der Waals surface area contributed by atoms with Gasteiger partial charge in [0.2, 0.25) is 5.91 Å². The third-order valence-electron chi connectivity index (χ3n) is 3.70. The van der Waals surface area contributed by atoms with Crippen molar-refractivity contribution in [3.63, 3.8) is 0 Å². The third-order valence-corrected chi connectivity index (χ3v) is 3.70. The molecule has 1 aliphatic rings. The van der Waals surface area contributed by atoms with Crippen LogP contribution < -0.4 is 0 Å². The van der Waals surface area contributed by atoms with Gasteiger partial charge in [-0.05, 0) is 41.5 Å². The molecule has 0 aromatic heterocycles. The summed E-state index contributed by atoms with van der Waals surface area (Å²) in [4.78, 5) is 16.4. The highest BCUT2D eigenvalue weighted by atomic mass is 16.2. The summed E-state index contributed by atoms with van der Waals surface area (Å²) in [5.41, 5.74) is -0.0708.